The Labute approximate surface area is 214 Å². The van der Waals surface area contributed by atoms with Crippen molar-refractivity contribution in [2.24, 2.45) is 0 Å². The molecule has 0 saturated carbocycles. The molecule has 0 bridgehead atoms. The summed E-state index contributed by atoms with van der Waals surface area (Å²) in [7, 11) is -4.03. The van der Waals surface area contributed by atoms with Crippen molar-refractivity contribution in [1.29, 1.82) is 0 Å². The van der Waals surface area contributed by atoms with Gasteiger partial charge in [-0.05, 0) is 85.9 Å². The molecule has 1 saturated heterocycles. The van der Waals surface area contributed by atoms with Gasteiger partial charge >= 0.3 is 6.18 Å². The van der Waals surface area contributed by atoms with Crippen LogP contribution >= 0.6 is 11.6 Å². The van der Waals surface area contributed by atoms with E-state index < -0.39 is 21.8 Å². The molecule has 36 heavy (non-hydrogen) atoms. The number of aromatic nitrogens is 1. The second-order valence-corrected chi connectivity index (χ2v) is 11.2. The highest BCUT2D eigenvalue weighted by Gasteiger charge is 2.35. The standard InChI is InChI=1S/C26H27ClF3N3O2S/c27-23-7-3-20(4-8-23)11-15-32-16-12-24(13-17-32)33(19-21-2-1-14-31-18-21)36(34,35)25-9-5-22(6-10-25)26(28,29)30/h1-10,14,18,24H,11-13,15-17,19H2. The van der Waals surface area contributed by atoms with Gasteiger partial charge in [-0.25, -0.2) is 8.42 Å². The average Bonchev–Trinajstić information content (AvgIpc) is 2.87. The van der Waals surface area contributed by atoms with Crippen LogP contribution in [0.15, 0.2) is 78.0 Å². The Morgan fingerprint density at radius 1 is 0.972 bits per heavy atom. The van der Waals surface area contributed by atoms with E-state index in [1.54, 1.807) is 24.5 Å². The van der Waals surface area contributed by atoms with Crippen LogP contribution in [-0.4, -0.2) is 48.3 Å². The smallest absolute Gasteiger partial charge is 0.303 e. The molecule has 0 aliphatic carbocycles. The van der Waals surface area contributed by atoms with Gasteiger partial charge in [0.05, 0.1) is 10.5 Å². The monoisotopic (exact) mass is 537 g/mol. The summed E-state index contributed by atoms with van der Waals surface area (Å²) >= 11 is 5.95. The van der Waals surface area contributed by atoms with Crippen LogP contribution in [0.1, 0.15) is 29.5 Å². The van der Waals surface area contributed by atoms with Gasteiger partial charge in [-0.15, -0.1) is 0 Å². The van der Waals surface area contributed by atoms with Crippen LogP contribution in [-0.2, 0) is 29.2 Å². The molecule has 192 valence electrons. The zero-order valence-electron chi connectivity index (χ0n) is 19.5. The average molecular weight is 538 g/mol. The highest BCUT2D eigenvalue weighted by atomic mass is 35.5. The van der Waals surface area contributed by atoms with Gasteiger partial charge in [0.25, 0.3) is 0 Å². The summed E-state index contributed by atoms with van der Waals surface area (Å²) in [5.74, 6) is 0. The lowest BCUT2D eigenvalue weighted by Crippen LogP contribution is -2.47. The maximum Gasteiger partial charge on any atom is 0.416 e. The van der Waals surface area contributed by atoms with E-state index in [0.29, 0.717) is 17.9 Å². The fourth-order valence-corrected chi connectivity index (χ4v) is 6.20. The molecule has 1 aliphatic heterocycles. The number of halogens is 4. The number of sulfonamides is 1. The van der Waals surface area contributed by atoms with Crippen molar-refractivity contribution >= 4 is 21.6 Å². The van der Waals surface area contributed by atoms with E-state index in [1.807, 2.05) is 24.3 Å². The van der Waals surface area contributed by atoms with Crippen molar-refractivity contribution in [2.75, 3.05) is 19.6 Å². The first-order chi connectivity index (χ1) is 17.1. The van der Waals surface area contributed by atoms with Gasteiger partial charge in [0, 0.05) is 36.5 Å². The molecule has 5 nitrogen and oxygen atoms in total. The molecule has 0 spiro atoms. The van der Waals surface area contributed by atoms with Crippen LogP contribution in [0.2, 0.25) is 5.02 Å². The Morgan fingerprint density at radius 2 is 1.64 bits per heavy atom. The number of alkyl halides is 3. The summed E-state index contributed by atoms with van der Waals surface area (Å²) in [5.41, 5.74) is 1.03. The van der Waals surface area contributed by atoms with Crippen LogP contribution in [0.3, 0.4) is 0 Å². The highest BCUT2D eigenvalue weighted by Crippen LogP contribution is 2.32. The Balaban J connectivity index is 1.48. The van der Waals surface area contributed by atoms with E-state index >= 15 is 0 Å². The van der Waals surface area contributed by atoms with Crippen molar-refractivity contribution in [3.63, 3.8) is 0 Å². The maximum atomic E-state index is 13.6. The first-order valence-corrected chi connectivity index (χ1v) is 13.5. The topological polar surface area (TPSA) is 53.5 Å². The van der Waals surface area contributed by atoms with Gasteiger partial charge in [0.15, 0.2) is 0 Å². The second kappa shape index (κ2) is 11.3. The van der Waals surface area contributed by atoms with Crippen LogP contribution in [0.4, 0.5) is 13.2 Å². The summed E-state index contributed by atoms with van der Waals surface area (Å²) in [6.07, 6.45) is 0.803. The zero-order valence-corrected chi connectivity index (χ0v) is 21.1. The third-order valence-electron chi connectivity index (χ3n) is 6.44. The molecule has 10 heteroatoms. The Bertz CT molecular complexity index is 1230. The summed E-state index contributed by atoms with van der Waals surface area (Å²) in [6.45, 7) is 2.41. The summed E-state index contributed by atoms with van der Waals surface area (Å²) < 4.78 is 67.7. The normalized spacial score (nSPS) is 15.9. The third kappa shape index (κ3) is 6.64. The molecular weight excluding hydrogens is 511 g/mol. The van der Waals surface area contributed by atoms with Gasteiger partial charge in [0.2, 0.25) is 10.0 Å². The van der Waals surface area contributed by atoms with Crippen LogP contribution < -0.4 is 0 Å². The van der Waals surface area contributed by atoms with E-state index in [0.717, 1.165) is 55.9 Å². The summed E-state index contributed by atoms with van der Waals surface area (Å²) in [4.78, 5) is 6.24. The molecule has 3 aromatic rings. The number of piperidine rings is 1. The fourth-order valence-electron chi connectivity index (χ4n) is 4.40. The van der Waals surface area contributed by atoms with E-state index in [1.165, 1.54) is 9.87 Å². The first-order valence-electron chi connectivity index (χ1n) is 11.7. The van der Waals surface area contributed by atoms with E-state index in [4.69, 9.17) is 11.6 Å². The van der Waals surface area contributed by atoms with Crippen molar-refractivity contribution in [3.8, 4) is 0 Å². The lowest BCUT2D eigenvalue weighted by molar-refractivity contribution is -0.137. The molecule has 1 fully saturated rings. The van der Waals surface area contributed by atoms with Gasteiger partial charge in [0.1, 0.15) is 0 Å². The highest BCUT2D eigenvalue weighted by molar-refractivity contribution is 7.89. The lowest BCUT2D eigenvalue weighted by Gasteiger charge is -2.38. The lowest BCUT2D eigenvalue weighted by atomic mass is 10.0. The Kier molecular flexibility index (Phi) is 8.34. The number of benzene rings is 2. The number of nitrogens with zero attached hydrogens (tertiary/aromatic N) is 3. The van der Waals surface area contributed by atoms with Gasteiger partial charge in [-0.1, -0.05) is 29.8 Å². The number of hydrogen-bond acceptors (Lipinski definition) is 4. The van der Waals surface area contributed by atoms with E-state index in [-0.39, 0.29) is 17.5 Å². The Hall–Kier alpha value is -2.46. The molecule has 0 atom stereocenters. The largest absolute Gasteiger partial charge is 0.416 e. The molecule has 1 aliphatic rings. The van der Waals surface area contributed by atoms with Crippen LogP contribution in [0.5, 0.6) is 0 Å². The third-order valence-corrected chi connectivity index (χ3v) is 8.61. The maximum absolute atomic E-state index is 13.6. The summed E-state index contributed by atoms with van der Waals surface area (Å²) in [5, 5.41) is 0.697. The van der Waals surface area contributed by atoms with Gasteiger partial charge in [-0.2, -0.15) is 17.5 Å². The van der Waals surface area contributed by atoms with Crippen molar-refractivity contribution in [2.45, 2.75) is 42.9 Å². The van der Waals surface area contributed by atoms with Crippen LogP contribution in [0.25, 0.3) is 0 Å². The predicted molar refractivity (Wildman–Crippen MR) is 133 cm³/mol. The fraction of sp³-hybridized carbons (Fsp3) is 0.346. The second-order valence-electron chi connectivity index (χ2n) is 8.88. The quantitative estimate of drug-likeness (QED) is 0.372. The minimum atomic E-state index is -4.53. The van der Waals surface area contributed by atoms with Crippen molar-refractivity contribution in [3.05, 3.63) is 94.8 Å². The predicted octanol–water partition coefficient (Wildman–Crippen LogP) is 5.65. The van der Waals surface area contributed by atoms with Crippen LogP contribution in [0, 0.1) is 0 Å². The minimum absolute atomic E-state index is 0.104. The van der Waals surface area contributed by atoms with Gasteiger partial charge < -0.3 is 4.90 Å². The molecule has 0 N–H and O–H groups in total. The molecule has 2 heterocycles. The molecule has 1 aromatic heterocycles. The molecule has 0 amide bonds. The van der Waals surface area contributed by atoms with E-state index in [2.05, 4.69) is 9.88 Å². The number of pyridine rings is 1. The molecule has 4 rings (SSSR count). The minimum Gasteiger partial charge on any atom is -0.303 e. The molecule has 0 radical (unpaired) electrons. The molecule has 2 aromatic carbocycles. The van der Waals surface area contributed by atoms with Crippen molar-refractivity contribution < 1.29 is 21.6 Å². The SMILES string of the molecule is O=S(=O)(c1ccc(C(F)(F)F)cc1)N(Cc1cccnc1)C1CCN(CCc2ccc(Cl)cc2)CC1. The molecular formula is C26H27ClF3N3O2S. The summed E-state index contributed by atoms with van der Waals surface area (Å²) in [6, 6.07) is 14.7. The first kappa shape index (κ1) is 26.6. The molecule has 0 unspecified atom stereocenters. The van der Waals surface area contributed by atoms with Crippen molar-refractivity contribution in [1.82, 2.24) is 14.2 Å². The number of likely N-dealkylation sites (tertiary alicyclic amines) is 1. The van der Waals surface area contributed by atoms with Gasteiger partial charge in [-0.3, -0.25) is 4.98 Å². The van der Waals surface area contributed by atoms with E-state index in [9.17, 15) is 21.6 Å². The Morgan fingerprint density at radius 3 is 2.22 bits per heavy atom. The zero-order chi connectivity index (χ0) is 25.8. The number of rotatable bonds is 8. The number of hydrogen-bond donors (Lipinski definition) is 0.